The Hall–Kier alpha value is -3.53. The van der Waals surface area contributed by atoms with Crippen LogP contribution < -0.4 is 20.7 Å². The molecule has 0 saturated carbocycles. The summed E-state index contributed by atoms with van der Waals surface area (Å²) in [6, 6.07) is 7.32. The number of carbonyl (C=O) groups excluding carboxylic acids is 1. The number of nitrogens with one attached hydrogen (secondary N) is 1. The summed E-state index contributed by atoms with van der Waals surface area (Å²) in [5.41, 5.74) is 12.1. The second-order valence-corrected chi connectivity index (χ2v) is 10.2. The molecular weight excluding hydrogens is 516 g/mol. The van der Waals surface area contributed by atoms with E-state index >= 15 is 0 Å². The van der Waals surface area contributed by atoms with Crippen LogP contribution in [0.3, 0.4) is 0 Å². The SMILES string of the molecule is CCc1cc2c(cn1)CN(c1nc(-c3cc(OC[C@H](O)CNC)ccc3Cl)nc(C(C(C)=O)=C(C)N)c1C)C2. The van der Waals surface area contributed by atoms with E-state index in [1.807, 2.05) is 13.1 Å². The molecule has 3 aromatic rings. The zero-order valence-electron chi connectivity index (χ0n) is 23.0. The van der Waals surface area contributed by atoms with Gasteiger partial charge in [-0.15, -0.1) is 0 Å². The average Bonchev–Trinajstić information content (AvgIpc) is 3.32. The molecule has 1 aliphatic rings. The van der Waals surface area contributed by atoms with Crippen molar-refractivity contribution in [1.29, 1.82) is 0 Å². The Morgan fingerprint density at radius 1 is 1.23 bits per heavy atom. The quantitative estimate of drug-likeness (QED) is 0.323. The molecule has 0 spiro atoms. The molecule has 0 radical (unpaired) electrons. The number of hydrogen-bond donors (Lipinski definition) is 3. The van der Waals surface area contributed by atoms with E-state index in [1.165, 1.54) is 12.5 Å². The number of carbonyl (C=O) groups is 1. The van der Waals surface area contributed by atoms with E-state index < -0.39 is 6.10 Å². The van der Waals surface area contributed by atoms with E-state index in [-0.39, 0.29) is 12.4 Å². The number of benzene rings is 1. The molecule has 3 heterocycles. The lowest BCUT2D eigenvalue weighted by Gasteiger charge is -2.22. The predicted octanol–water partition coefficient (Wildman–Crippen LogP) is 3.82. The van der Waals surface area contributed by atoms with Gasteiger partial charge in [-0.3, -0.25) is 9.78 Å². The van der Waals surface area contributed by atoms with Crippen LogP contribution in [0.25, 0.3) is 17.0 Å². The monoisotopic (exact) mass is 550 g/mol. The maximum Gasteiger partial charge on any atom is 0.163 e. The lowest BCUT2D eigenvalue weighted by molar-refractivity contribution is -0.111. The number of nitrogens with two attached hydrogens (primary N) is 1. The predicted molar refractivity (Wildman–Crippen MR) is 154 cm³/mol. The number of aryl methyl sites for hydroxylation is 1. The summed E-state index contributed by atoms with van der Waals surface area (Å²) < 4.78 is 5.80. The summed E-state index contributed by atoms with van der Waals surface area (Å²) in [5, 5.41) is 13.4. The van der Waals surface area contributed by atoms with E-state index in [4.69, 9.17) is 32.0 Å². The van der Waals surface area contributed by atoms with Crippen molar-refractivity contribution < 1.29 is 14.6 Å². The number of ether oxygens (including phenoxy) is 1. The number of rotatable bonds is 10. The van der Waals surface area contributed by atoms with Crippen molar-refractivity contribution in [2.45, 2.75) is 53.3 Å². The van der Waals surface area contributed by atoms with Gasteiger partial charge in [0.25, 0.3) is 0 Å². The first-order valence-corrected chi connectivity index (χ1v) is 13.3. The van der Waals surface area contributed by atoms with E-state index in [1.54, 1.807) is 32.2 Å². The number of aliphatic hydroxyl groups excluding tert-OH is 1. The largest absolute Gasteiger partial charge is 0.491 e. The molecule has 0 fully saturated rings. The maximum atomic E-state index is 12.7. The fourth-order valence-corrected chi connectivity index (χ4v) is 4.94. The van der Waals surface area contributed by atoms with Crippen LogP contribution in [0, 0.1) is 6.92 Å². The lowest BCUT2D eigenvalue weighted by Crippen LogP contribution is -2.29. The lowest BCUT2D eigenvalue weighted by atomic mass is 10.0. The molecule has 0 bridgehead atoms. The van der Waals surface area contributed by atoms with Gasteiger partial charge in [0.2, 0.25) is 0 Å². The Morgan fingerprint density at radius 3 is 2.64 bits per heavy atom. The Bertz CT molecular complexity index is 1420. The van der Waals surface area contributed by atoms with Crippen LogP contribution in [-0.4, -0.2) is 52.1 Å². The molecule has 1 aromatic carbocycles. The highest BCUT2D eigenvalue weighted by molar-refractivity contribution is 6.33. The van der Waals surface area contributed by atoms with E-state index in [0.29, 0.717) is 64.6 Å². The number of likely N-dealkylation sites (N-methyl/N-ethyl adjacent to an activating group) is 1. The number of fused-ring (bicyclic) bond motifs is 1. The number of aromatic nitrogens is 3. The molecule has 4 N–H and O–H groups in total. The number of ketones is 1. The van der Waals surface area contributed by atoms with Gasteiger partial charge in [0, 0.05) is 48.3 Å². The number of Topliss-reactive ketones (excluding diaryl/α,β-unsaturated/α-hetero) is 1. The summed E-state index contributed by atoms with van der Waals surface area (Å²) in [6.45, 7) is 8.96. The minimum atomic E-state index is -0.668. The Kier molecular flexibility index (Phi) is 8.84. The number of pyridine rings is 1. The number of nitrogens with zero attached hydrogens (tertiary/aromatic N) is 4. The maximum absolute atomic E-state index is 12.7. The van der Waals surface area contributed by atoms with Crippen molar-refractivity contribution in [2.24, 2.45) is 5.73 Å². The normalized spacial score (nSPS) is 14.2. The van der Waals surface area contributed by atoms with Crippen LogP contribution in [0.5, 0.6) is 5.75 Å². The van der Waals surface area contributed by atoms with Crippen LogP contribution in [-0.2, 0) is 24.3 Å². The van der Waals surface area contributed by atoms with Crippen molar-refractivity contribution in [3.05, 3.63) is 69.3 Å². The number of anilines is 1. The minimum Gasteiger partial charge on any atom is -0.491 e. The highest BCUT2D eigenvalue weighted by atomic mass is 35.5. The van der Waals surface area contributed by atoms with Crippen LogP contribution in [0.15, 0.2) is 36.2 Å². The summed E-state index contributed by atoms with van der Waals surface area (Å²) in [7, 11) is 1.76. The van der Waals surface area contributed by atoms with Crippen molar-refractivity contribution in [1.82, 2.24) is 20.3 Å². The zero-order valence-corrected chi connectivity index (χ0v) is 23.8. The first-order chi connectivity index (χ1) is 18.6. The highest BCUT2D eigenvalue weighted by Gasteiger charge is 2.27. The second kappa shape index (κ2) is 12.1. The van der Waals surface area contributed by atoms with Gasteiger partial charge in [-0.1, -0.05) is 18.5 Å². The number of halogens is 1. The van der Waals surface area contributed by atoms with Gasteiger partial charge in [-0.2, -0.15) is 0 Å². The molecule has 10 heteroatoms. The molecular formula is C29H35ClN6O3. The third kappa shape index (κ3) is 6.21. The van der Waals surface area contributed by atoms with Crippen molar-refractivity contribution in [2.75, 3.05) is 25.1 Å². The van der Waals surface area contributed by atoms with Crippen molar-refractivity contribution >= 4 is 28.8 Å². The van der Waals surface area contributed by atoms with Gasteiger partial charge in [-0.05, 0) is 69.6 Å². The Morgan fingerprint density at radius 2 is 1.97 bits per heavy atom. The fourth-order valence-electron chi connectivity index (χ4n) is 4.73. The number of hydrogen-bond acceptors (Lipinski definition) is 9. The molecule has 0 saturated heterocycles. The van der Waals surface area contributed by atoms with Crippen LogP contribution in [0.1, 0.15) is 48.8 Å². The van der Waals surface area contributed by atoms with Crippen LogP contribution >= 0.6 is 11.6 Å². The van der Waals surface area contributed by atoms with E-state index in [0.717, 1.165) is 23.2 Å². The van der Waals surface area contributed by atoms with Gasteiger partial charge in [0.1, 0.15) is 24.3 Å². The minimum absolute atomic E-state index is 0.108. The molecule has 1 atom stereocenters. The molecule has 2 aromatic heterocycles. The summed E-state index contributed by atoms with van der Waals surface area (Å²) in [4.78, 5) is 29.2. The number of allylic oxidation sites excluding steroid dienone is 2. The van der Waals surface area contributed by atoms with Gasteiger partial charge in [0.05, 0.1) is 16.3 Å². The van der Waals surface area contributed by atoms with Crippen LogP contribution in [0.2, 0.25) is 5.02 Å². The van der Waals surface area contributed by atoms with E-state index in [2.05, 4.69) is 28.2 Å². The topological polar surface area (TPSA) is 126 Å². The summed E-state index contributed by atoms with van der Waals surface area (Å²) >= 11 is 6.64. The summed E-state index contributed by atoms with van der Waals surface area (Å²) in [6.07, 6.45) is 2.12. The third-order valence-corrected chi connectivity index (χ3v) is 7.02. The molecule has 206 valence electrons. The van der Waals surface area contributed by atoms with Crippen molar-refractivity contribution in [3.63, 3.8) is 0 Å². The molecule has 4 rings (SSSR count). The second-order valence-electron chi connectivity index (χ2n) is 9.78. The van der Waals surface area contributed by atoms with Gasteiger partial charge >= 0.3 is 0 Å². The fraction of sp³-hybridized carbons (Fsp3) is 0.379. The first kappa shape index (κ1) is 28.5. The Balaban J connectivity index is 1.82. The zero-order chi connectivity index (χ0) is 28.3. The Labute approximate surface area is 234 Å². The molecule has 9 nitrogen and oxygen atoms in total. The van der Waals surface area contributed by atoms with Gasteiger partial charge in [-0.25, -0.2) is 9.97 Å². The van der Waals surface area contributed by atoms with Gasteiger partial charge in [0.15, 0.2) is 11.6 Å². The number of aliphatic hydroxyl groups is 1. The molecule has 0 unspecified atom stereocenters. The standard InChI is InChI=1S/C29H35ClN6O3/c1-6-21-9-19-13-36(14-20(19)11-33-21)29-16(2)27(26(17(3)31)18(4)37)34-28(35-29)24-10-23(7-8-25(24)30)39-15-22(38)12-32-5/h7-11,22,32,38H,6,12-15,31H2,1-5H3/t22-/m1/s1. The van der Waals surface area contributed by atoms with Gasteiger partial charge < -0.3 is 25.8 Å². The average molecular weight is 551 g/mol. The first-order valence-electron chi connectivity index (χ1n) is 13.0. The third-order valence-electron chi connectivity index (χ3n) is 6.69. The highest BCUT2D eigenvalue weighted by Crippen LogP contribution is 2.37. The van der Waals surface area contributed by atoms with Crippen LogP contribution in [0.4, 0.5) is 5.82 Å². The molecule has 0 aliphatic carbocycles. The smallest absolute Gasteiger partial charge is 0.163 e. The summed E-state index contributed by atoms with van der Waals surface area (Å²) in [5.74, 6) is 1.37. The molecule has 39 heavy (non-hydrogen) atoms. The van der Waals surface area contributed by atoms with E-state index in [9.17, 15) is 9.90 Å². The van der Waals surface area contributed by atoms with Crippen molar-refractivity contribution in [3.8, 4) is 17.1 Å². The molecule has 0 amide bonds. The molecule has 1 aliphatic heterocycles.